The number of aromatic nitrogens is 3. The minimum atomic E-state index is -4.43. The van der Waals surface area contributed by atoms with Crippen LogP contribution in [0.2, 0.25) is 0 Å². The molecule has 0 radical (unpaired) electrons. The number of methoxy groups -OCH3 is 1. The predicted molar refractivity (Wildman–Crippen MR) is 104 cm³/mol. The van der Waals surface area contributed by atoms with E-state index in [1.807, 2.05) is 0 Å². The van der Waals surface area contributed by atoms with Crippen molar-refractivity contribution in [3.05, 3.63) is 53.6 Å². The number of thiocarbonyl (C=S) groups is 1. The topological polar surface area (TPSA) is 75.8 Å². The summed E-state index contributed by atoms with van der Waals surface area (Å²) in [6, 6.07) is 11.8. The molecule has 0 aliphatic heterocycles. The zero-order valence-corrected chi connectivity index (χ0v) is 16.3. The van der Waals surface area contributed by atoms with E-state index in [-0.39, 0.29) is 11.5 Å². The summed E-state index contributed by atoms with van der Waals surface area (Å²) >= 11 is 5.27. The number of rotatable bonds is 5. The monoisotopic (exact) mass is 419 g/mol. The van der Waals surface area contributed by atoms with Gasteiger partial charge in [-0.2, -0.15) is 33.4 Å². The third-order valence-electron chi connectivity index (χ3n) is 4.20. The fourth-order valence-corrected chi connectivity index (χ4v) is 3.02. The number of nitrogens with one attached hydrogen (secondary N) is 1. The van der Waals surface area contributed by atoms with Crippen LogP contribution in [-0.2, 0) is 12.7 Å². The van der Waals surface area contributed by atoms with Gasteiger partial charge in [-0.1, -0.05) is 24.4 Å². The quantitative estimate of drug-likeness (QED) is 0.636. The van der Waals surface area contributed by atoms with Crippen molar-refractivity contribution in [2.75, 3.05) is 7.11 Å². The Morgan fingerprint density at radius 2 is 1.83 bits per heavy atom. The highest BCUT2D eigenvalue weighted by molar-refractivity contribution is 7.80. The van der Waals surface area contributed by atoms with E-state index >= 15 is 0 Å². The second-order valence-corrected chi connectivity index (χ2v) is 6.97. The highest BCUT2D eigenvalue weighted by Gasteiger charge is 2.31. The molecule has 0 amide bonds. The average Bonchev–Trinajstić information content (AvgIpc) is 3.08. The first-order valence-corrected chi connectivity index (χ1v) is 8.84. The van der Waals surface area contributed by atoms with Crippen LogP contribution >= 0.6 is 12.2 Å². The number of halogens is 3. The van der Waals surface area contributed by atoms with E-state index in [0.717, 1.165) is 12.1 Å². The SMILES string of the molecule is COc1ccc2nn(CC(C)(C#N)NC(=S)c3ccc(C(F)(F)F)cc3)nc2c1. The number of benzene rings is 2. The predicted octanol–water partition coefficient (Wildman–Crippen LogP) is 3.71. The van der Waals surface area contributed by atoms with Crippen LogP contribution in [0.3, 0.4) is 0 Å². The molecule has 0 fully saturated rings. The third-order valence-corrected chi connectivity index (χ3v) is 4.53. The number of hydrogen-bond acceptors (Lipinski definition) is 5. The van der Waals surface area contributed by atoms with E-state index in [2.05, 4.69) is 21.6 Å². The lowest BCUT2D eigenvalue weighted by Crippen LogP contribution is -2.48. The van der Waals surface area contributed by atoms with Crippen molar-refractivity contribution in [3.63, 3.8) is 0 Å². The Morgan fingerprint density at radius 3 is 2.41 bits per heavy atom. The highest BCUT2D eigenvalue weighted by Crippen LogP contribution is 2.29. The van der Waals surface area contributed by atoms with Gasteiger partial charge in [-0.25, -0.2) is 0 Å². The maximum Gasteiger partial charge on any atom is 0.416 e. The number of alkyl halides is 3. The van der Waals surface area contributed by atoms with Crippen LogP contribution in [0.4, 0.5) is 13.2 Å². The zero-order chi connectivity index (χ0) is 21.2. The molecule has 1 aromatic heterocycles. The number of nitriles is 1. The third kappa shape index (κ3) is 4.63. The fraction of sp³-hybridized carbons (Fsp3) is 0.263. The molecular weight excluding hydrogens is 403 g/mol. The van der Waals surface area contributed by atoms with Gasteiger partial charge in [-0.3, -0.25) is 0 Å². The Balaban J connectivity index is 1.77. The second-order valence-electron chi connectivity index (χ2n) is 6.56. The highest BCUT2D eigenvalue weighted by atomic mass is 32.1. The van der Waals surface area contributed by atoms with Gasteiger partial charge in [-0.05, 0) is 31.2 Å². The normalized spacial score (nSPS) is 13.5. The van der Waals surface area contributed by atoms with Gasteiger partial charge in [0.25, 0.3) is 0 Å². The second kappa shape index (κ2) is 7.67. The molecule has 0 bridgehead atoms. The number of fused-ring (bicyclic) bond motifs is 1. The summed E-state index contributed by atoms with van der Waals surface area (Å²) in [6.07, 6.45) is -4.43. The molecule has 1 N–H and O–H groups in total. The Hall–Kier alpha value is -3.19. The van der Waals surface area contributed by atoms with Crippen LogP contribution in [0.1, 0.15) is 18.1 Å². The van der Waals surface area contributed by atoms with Crippen LogP contribution < -0.4 is 10.1 Å². The molecular formula is C19H16F3N5OS. The Kier molecular flexibility index (Phi) is 5.44. The van der Waals surface area contributed by atoms with Gasteiger partial charge in [0.1, 0.15) is 27.3 Å². The zero-order valence-electron chi connectivity index (χ0n) is 15.5. The van der Waals surface area contributed by atoms with E-state index < -0.39 is 17.3 Å². The molecule has 29 heavy (non-hydrogen) atoms. The lowest BCUT2D eigenvalue weighted by Gasteiger charge is -2.24. The molecule has 2 aromatic carbocycles. The number of hydrogen-bond donors (Lipinski definition) is 1. The number of ether oxygens (including phenoxy) is 1. The molecule has 1 heterocycles. The van der Waals surface area contributed by atoms with Crippen molar-refractivity contribution in [3.8, 4) is 11.8 Å². The first-order valence-electron chi connectivity index (χ1n) is 8.43. The molecule has 10 heteroatoms. The summed E-state index contributed by atoms with van der Waals surface area (Å²) in [5.74, 6) is 0.634. The van der Waals surface area contributed by atoms with E-state index in [1.54, 1.807) is 32.2 Å². The minimum Gasteiger partial charge on any atom is -0.497 e. The van der Waals surface area contributed by atoms with Crippen LogP contribution in [0.25, 0.3) is 11.0 Å². The summed E-state index contributed by atoms with van der Waals surface area (Å²) in [5, 5.41) is 21.2. The molecule has 0 aliphatic carbocycles. The van der Waals surface area contributed by atoms with Gasteiger partial charge in [0.2, 0.25) is 0 Å². The van der Waals surface area contributed by atoms with Crippen LogP contribution in [0.15, 0.2) is 42.5 Å². The first kappa shape index (κ1) is 20.5. The van der Waals surface area contributed by atoms with Crippen molar-refractivity contribution < 1.29 is 17.9 Å². The van der Waals surface area contributed by atoms with Crippen molar-refractivity contribution in [1.29, 1.82) is 5.26 Å². The van der Waals surface area contributed by atoms with Gasteiger partial charge in [0, 0.05) is 11.6 Å². The van der Waals surface area contributed by atoms with Crippen molar-refractivity contribution >= 4 is 28.2 Å². The molecule has 6 nitrogen and oxygen atoms in total. The fourth-order valence-electron chi connectivity index (χ4n) is 2.66. The molecule has 1 atom stereocenters. The van der Waals surface area contributed by atoms with E-state index in [9.17, 15) is 18.4 Å². The molecule has 0 saturated carbocycles. The molecule has 150 valence electrons. The summed E-state index contributed by atoms with van der Waals surface area (Å²) < 4.78 is 43.3. The number of nitrogens with zero attached hydrogens (tertiary/aromatic N) is 4. The molecule has 3 aromatic rings. The average molecular weight is 419 g/mol. The van der Waals surface area contributed by atoms with Crippen molar-refractivity contribution in [2.24, 2.45) is 0 Å². The largest absolute Gasteiger partial charge is 0.497 e. The lowest BCUT2D eigenvalue weighted by molar-refractivity contribution is -0.137. The summed E-state index contributed by atoms with van der Waals surface area (Å²) in [7, 11) is 1.55. The van der Waals surface area contributed by atoms with Crippen molar-refractivity contribution in [2.45, 2.75) is 25.2 Å². The van der Waals surface area contributed by atoms with Crippen molar-refractivity contribution in [1.82, 2.24) is 20.3 Å². The van der Waals surface area contributed by atoms with Gasteiger partial charge >= 0.3 is 6.18 Å². The van der Waals surface area contributed by atoms with Gasteiger partial charge < -0.3 is 10.1 Å². The summed E-state index contributed by atoms with van der Waals surface area (Å²) in [4.78, 5) is 1.52. The van der Waals surface area contributed by atoms with E-state index in [1.165, 1.54) is 16.9 Å². The smallest absolute Gasteiger partial charge is 0.416 e. The van der Waals surface area contributed by atoms with E-state index in [0.29, 0.717) is 22.3 Å². The molecule has 3 rings (SSSR count). The van der Waals surface area contributed by atoms with E-state index in [4.69, 9.17) is 17.0 Å². The molecule has 1 unspecified atom stereocenters. The van der Waals surface area contributed by atoms with Gasteiger partial charge in [0.15, 0.2) is 0 Å². The van der Waals surface area contributed by atoms with Gasteiger partial charge in [-0.15, -0.1) is 0 Å². The van der Waals surface area contributed by atoms with Crippen LogP contribution in [0.5, 0.6) is 5.75 Å². The maximum atomic E-state index is 12.7. The summed E-state index contributed by atoms with van der Waals surface area (Å²) in [5.41, 5.74) is -0.335. The minimum absolute atomic E-state index is 0.0707. The molecule has 0 aliphatic rings. The summed E-state index contributed by atoms with van der Waals surface area (Å²) in [6.45, 7) is 1.68. The maximum absolute atomic E-state index is 12.7. The van der Waals surface area contributed by atoms with Gasteiger partial charge in [0.05, 0.1) is 25.3 Å². The first-order chi connectivity index (χ1) is 13.6. The molecule has 0 saturated heterocycles. The molecule has 0 spiro atoms. The van der Waals surface area contributed by atoms with Crippen LogP contribution in [-0.4, -0.2) is 32.6 Å². The van der Waals surface area contributed by atoms with Crippen LogP contribution in [0, 0.1) is 11.3 Å². The standard InChI is InChI=1S/C19H16F3N5OS/c1-18(10-23,11-27-25-15-8-7-14(28-2)9-16(15)26-27)24-17(29)12-3-5-13(6-4-12)19(20,21)22/h3-9H,11H2,1-2H3,(H,24,29). The Morgan fingerprint density at radius 1 is 1.17 bits per heavy atom. The Bertz CT molecular complexity index is 1090. The Labute approximate surface area is 169 Å². The lowest BCUT2D eigenvalue weighted by atomic mass is 10.0.